The molecule has 5 nitrogen and oxygen atoms in total. The molecular weight excluding hydrogens is 268 g/mol. The Morgan fingerprint density at radius 1 is 1.14 bits per heavy atom. The fourth-order valence-corrected chi connectivity index (χ4v) is 2.99. The van der Waals surface area contributed by atoms with Gasteiger partial charge in [0.1, 0.15) is 0 Å². The minimum Gasteiger partial charge on any atom is -0.481 e. The molecule has 5 heteroatoms. The molecule has 0 aliphatic heterocycles. The van der Waals surface area contributed by atoms with E-state index in [1.165, 1.54) is 12.0 Å². The number of carboxylic acids is 1. The predicted octanol–water partition coefficient (Wildman–Crippen LogP) is 2.34. The smallest absolute Gasteiger partial charge is 0.314 e. The number of carbonyl (C=O) groups excluding carboxylic acids is 1. The lowest BCUT2D eigenvalue weighted by molar-refractivity contribution is -0.136. The van der Waals surface area contributed by atoms with Crippen LogP contribution in [0.15, 0.2) is 30.3 Å². The van der Waals surface area contributed by atoms with E-state index in [9.17, 15) is 9.59 Å². The lowest BCUT2D eigenvalue weighted by Gasteiger charge is -2.20. The SMILES string of the molecule is O=C(O)CCNC(=O)NCC1CCCC1c1ccccc1. The van der Waals surface area contributed by atoms with Crippen LogP contribution in [0.1, 0.15) is 37.2 Å². The summed E-state index contributed by atoms with van der Waals surface area (Å²) < 4.78 is 0. The number of carboxylic acid groups (broad SMARTS) is 1. The monoisotopic (exact) mass is 290 g/mol. The maximum absolute atomic E-state index is 11.6. The maximum atomic E-state index is 11.6. The lowest BCUT2D eigenvalue weighted by Crippen LogP contribution is -2.39. The maximum Gasteiger partial charge on any atom is 0.314 e. The van der Waals surface area contributed by atoms with Crippen molar-refractivity contribution in [2.24, 2.45) is 5.92 Å². The van der Waals surface area contributed by atoms with Crippen LogP contribution in [0.5, 0.6) is 0 Å². The molecule has 1 aliphatic rings. The molecule has 0 spiro atoms. The molecule has 0 radical (unpaired) electrons. The van der Waals surface area contributed by atoms with E-state index >= 15 is 0 Å². The van der Waals surface area contributed by atoms with Gasteiger partial charge in [-0.25, -0.2) is 4.79 Å². The van der Waals surface area contributed by atoms with Crippen LogP contribution in [0.3, 0.4) is 0 Å². The minimum atomic E-state index is -0.907. The Balaban J connectivity index is 1.77. The van der Waals surface area contributed by atoms with E-state index in [4.69, 9.17) is 5.11 Å². The van der Waals surface area contributed by atoms with Crippen LogP contribution in [0.25, 0.3) is 0 Å². The molecule has 2 rings (SSSR count). The van der Waals surface area contributed by atoms with Crippen LogP contribution in [0, 0.1) is 5.92 Å². The molecule has 0 bridgehead atoms. The van der Waals surface area contributed by atoms with Gasteiger partial charge in [-0.05, 0) is 30.2 Å². The number of urea groups is 1. The van der Waals surface area contributed by atoms with Crippen molar-refractivity contribution in [1.29, 1.82) is 0 Å². The second-order valence-corrected chi connectivity index (χ2v) is 5.49. The summed E-state index contributed by atoms with van der Waals surface area (Å²) >= 11 is 0. The molecule has 0 saturated heterocycles. The Morgan fingerprint density at radius 3 is 2.62 bits per heavy atom. The second kappa shape index (κ2) is 7.67. The van der Waals surface area contributed by atoms with Crippen molar-refractivity contribution < 1.29 is 14.7 Å². The molecule has 1 aliphatic carbocycles. The number of benzene rings is 1. The van der Waals surface area contributed by atoms with Crippen molar-refractivity contribution in [1.82, 2.24) is 10.6 Å². The van der Waals surface area contributed by atoms with Crippen LogP contribution in [-0.2, 0) is 4.79 Å². The van der Waals surface area contributed by atoms with Crippen LogP contribution in [0.4, 0.5) is 4.79 Å². The molecule has 2 atom stereocenters. The van der Waals surface area contributed by atoms with Crippen molar-refractivity contribution in [2.75, 3.05) is 13.1 Å². The summed E-state index contributed by atoms with van der Waals surface area (Å²) in [6.07, 6.45) is 3.42. The molecule has 114 valence electrons. The molecule has 2 amide bonds. The average molecular weight is 290 g/mol. The molecule has 21 heavy (non-hydrogen) atoms. The Hall–Kier alpha value is -2.04. The van der Waals surface area contributed by atoms with Crippen LogP contribution >= 0.6 is 0 Å². The first kappa shape index (κ1) is 15.4. The zero-order valence-corrected chi connectivity index (χ0v) is 12.0. The first-order chi connectivity index (χ1) is 10.2. The minimum absolute atomic E-state index is 0.0521. The predicted molar refractivity (Wildman–Crippen MR) is 80.2 cm³/mol. The van der Waals surface area contributed by atoms with Gasteiger partial charge in [-0.3, -0.25) is 4.79 Å². The Morgan fingerprint density at radius 2 is 1.90 bits per heavy atom. The summed E-state index contributed by atoms with van der Waals surface area (Å²) in [7, 11) is 0. The number of amides is 2. The molecule has 0 aromatic heterocycles. The summed E-state index contributed by atoms with van der Waals surface area (Å²) in [5.41, 5.74) is 1.34. The number of hydrogen-bond donors (Lipinski definition) is 3. The van der Waals surface area contributed by atoms with E-state index in [0.717, 1.165) is 12.8 Å². The van der Waals surface area contributed by atoms with Crippen molar-refractivity contribution in [3.05, 3.63) is 35.9 Å². The van der Waals surface area contributed by atoms with E-state index in [1.54, 1.807) is 0 Å². The van der Waals surface area contributed by atoms with Gasteiger partial charge in [0.2, 0.25) is 0 Å². The third kappa shape index (κ3) is 4.77. The summed E-state index contributed by atoms with van der Waals surface area (Å²) in [5.74, 6) is 0.0541. The third-order valence-corrected chi connectivity index (χ3v) is 4.04. The van der Waals surface area contributed by atoms with Gasteiger partial charge >= 0.3 is 12.0 Å². The Bertz CT molecular complexity index is 476. The van der Waals surface area contributed by atoms with Crippen molar-refractivity contribution in [3.8, 4) is 0 Å². The van der Waals surface area contributed by atoms with Gasteiger partial charge in [-0.2, -0.15) is 0 Å². The van der Waals surface area contributed by atoms with Crippen LogP contribution in [0.2, 0.25) is 0 Å². The third-order valence-electron chi connectivity index (χ3n) is 4.04. The van der Waals surface area contributed by atoms with Gasteiger partial charge in [0.15, 0.2) is 0 Å². The summed E-state index contributed by atoms with van der Waals surface area (Å²) in [6.45, 7) is 0.798. The van der Waals surface area contributed by atoms with Gasteiger partial charge in [-0.15, -0.1) is 0 Å². The largest absolute Gasteiger partial charge is 0.481 e. The fraction of sp³-hybridized carbons (Fsp3) is 0.500. The van der Waals surface area contributed by atoms with Crippen molar-refractivity contribution >= 4 is 12.0 Å². The zero-order chi connectivity index (χ0) is 15.1. The molecule has 1 saturated carbocycles. The molecule has 1 fully saturated rings. The standard InChI is InChI=1S/C16H22N2O3/c19-15(20)9-10-17-16(21)18-11-13-7-4-8-14(13)12-5-2-1-3-6-12/h1-3,5-6,13-14H,4,7-11H2,(H,19,20)(H2,17,18,21). The van der Waals surface area contributed by atoms with Crippen molar-refractivity contribution in [2.45, 2.75) is 31.6 Å². The highest BCUT2D eigenvalue weighted by Gasteiger charge is 2.28. The van der Waals surface area contributed by atoms with Crippen LogP contribution in [-0.4, -0.2) is 30.2 Å². The van der Waals surface area contributed by atoms with Gasteiger partial charge < -0.3 is 15.7 Å². The normalized spacial score (nSPS) is 21.0. The van der Waals surface area contributed by atoms with Crippen molar-refractivity contribution in [3.63, 3.8) is 0 Å². The molecule has 1 aromatic rings. The van der Waals surface area contributed by atoms with E-state index < -0.39 is 5.97 Å². The highest BCUT2D eigenvalue weighted by Crippen LogP contribution is 2.38. The van der Waals surface area contributed by atoms with Gasteiger partial charge in [0.05, 0.1) is 6.42 Å². The molecular formula is C16H22N2O3. The van der Waals surface area contributed by atoms with Gasteiger partial charge in [-0.1, -0.05) is 36.8 Å². The van der Waals surface area contributed by atoms with E-state index in [2.05, 4.69) is 34.9 Å². The molecule has 0 heterocycles. The first-order valence-electron chi connectivity index (χ1n) is 7.45. The Kier molecular flexibility index (Phi) is 5.60. The molecule has 3 N–H and O–H groups in total. The first-order valence-corrected chi connectivity index (χ1v) is 7.45. The number of aliphatic carboxylic acids is 1. The summed E-state index contributed by atoms with van der Waals surface area (Å²) in [5, 5.41) is 13.9. The quantitative estimate of drug-likeness (QED) is 0.752. The zero-order valence-electron chi connectivity index (χ0n) is 12.0. The Labute approximate surface area is 124 Å². The molecule has 1 aromatic carbocycles. The fourth-order valence-electron chi connectivity index (χ4n) is 2.99. The number of nitrogens with one attached hydrogen (secondary N) is 2. The van der Waals surface area contributed by atoms with Gasteiger partial charge in [0, 0.05) is 13.1 Å². The summed E-state index contributed by atoms with van der Waals surface area (Å²) in [6, 6.07) is 10.1. The second-order valence-electron chi connectivity index (χ2n) is 5.49. The van der Waals surface area contributed by atoms with E-state index in [-0.39, 0.29) is 19.0 Å². The van der Waals surface area contributed by atoms with E-state index in [1.807, 2.05) is 6.07 Å². The van der Waals surface area contributed by atoms with Crippen LogP contribution < -0.4 is 10.6 Å². The molecule has 2 unspecified atom stereocenters. The van der Waals surface area contributed by atoms with E-state index in [0.29, 0.717) is 18.4 Å². The highest BCUT2D eigenvalue weighted by atomic mass is 16.4. The number of carbonyl (C=O) groups is 2. The number of hydrogen-bond acceptors (Lipinski definition) is 2. The average Bonchev–Trinajstić information content (AvgIpc) is 2.94. The lowest BCUT2D eigenvalue weighted by atomic mass is 9.89. The highest BCUT2D eigenvalue weighted by molar-refractivity contribution is 5.74. The van der Waals surface area contributed by atoms with Gasteiger partial charge in [0.25, 0.3) is 0 Å². The summed E-state index contributed by atoms with van der Waals surface area (Å²) in [4.78, 5) is 22.0. The number of rotatable bonds is 6. The topological polar surface area (TPSA) is 78.4 Å².